The van der Waals surface area contributed by atoms with E-state index in [9.17, 15) is 14.9 Å². The van der Waals surface area contributed by atoms with Gasteiger partial charge >= 0.3 is 5.82 Å². The zero-order valence-electron chi connectivity index (χ0n) is 10.5. The first-order chi connectivity index (χ1) is 8.99. The molecule has 102 valence electrons. The molecule has 1 aliphatic rings. The third-order valence-corrected chi connectivity index (χ3v) is 3.99. The second kappa shape index (κ2) is 5.64. The van der Waals surface area contributed by atoms with Crippen LogP contribution in [0.2, 0.25) is 0 Å². The number of nitrogens with zero attached hydrogens (tertiary/aromatic N) is 3. The predicted molar refractivity (Wildman–Crippen MR) is 72.9 cm³/mol. The highest BCUT2D eigenvalue weighted by atomic mass is 79.9. The molecule has 0 radical (unpaired) electrons. The Morgan fingerprint density at radius 3 is 2.84 bits per heavy atom. The molecule has 19 heavy (non-hydrogen) atoms. The van der Waals surface area contributed by atoms with Gasteiger partial charge < -0.3 is 15.0 Å². The van der Waals surface area contributed by atoms with Crippen LogP contribution in [-0.2, 0) is 0 Å². The molecule has 1 amide bonds. The smallest absolute Gasteiger partial charge is 0.358 e. The standard InChI is InChI=1S/C12H14BrN3O3/c1-15(7-8-3-2-4-8)12(17)9-5-11(16(18)19)14-6-10(9)13/h5-6,8H,2-4,7H2,1H3. The van der Waals surface area contributed by atoms with E-state index >= 15 is 0 Å². The van der Waals surface area contributed by atoms with E-state index in [1.807, 2.05) is 0 Å². The van der Waals surface area contributed by atoms with E-state index in [-0.39, 0.29) is 17.3 Å². The summed E-state index contributed by atoms with van der Waals surface area (Å²) in [7, 11) is 1.72. The van der Waals surface area contributed by atoms with Crippen LogP contribution >= 0.6 is 15.9 Å². The number of amides is 1. The van der Waals surface area contributed by atoms with Crippen molar-refractivity contribution in [3.8, 4) is 0 Å². The lowest BCUT2D eigenvalue weighted by molar-refractivity contribution is -0.389. The van der Waals surface area contributed by atoms with Crippen molar-refractivity contribution in [2.45, 2.75) is 19.3 Å². The van der Waals surface area contributed by atoms with Gasteiger partial charge in [-0.15, -0.1) is 0 Å². The highest BCUT2D eigenvalue weighted by Gasteiger charge is 2.24. The van der Waals surface area contributed by atoms with Crippen molar-refractivity contribution < 1.29 is 9.72 Å². The molecule has 1 heterocycles. The molecule has 0 unspecified atom stereocenters. The van der Waals surface area contributed by atoms with E-state index in [4.69, 9.17) is 0 Å². The van der Waals surface area contributed by atoms with E-state index < -0.39 is 4.92 Å². The summed E-state index contributed by atoms with van der Waals surface area (Å²) in [5, 5.41) is 10.7. The zero-order valence-corrected chi connectivity index (χ0v) is 12.1. The topological polar surface area (TPSA) is 76.3 Å². The number of hydrogen-bond acceptors (Lipinski definition) is 4. The minimum absolute atomic E-state index is 0.218. The highest BCUT2D eigenvalue weighted by molar-refractivity contribution is 9.10. The number of pyridine rings is 1. The Hall–Kier alpha value is -1.50. The van der Waals surface area contributed by atoms with Crippen LogP contribution in [0.3, 0.4) is 0 Å². The van der Waals surface area contributed by atoms with Crippen LogP contribution < -0.4 is 0 Å². The Morgan fingerprint density at radius 1 is 1.63 bits per heavy atom. The first-order valence-corrected chi connectivity index (χ1v) is 6.83. The van der Waals surface area contributed by atoms with Gasteiger partial charge in [-0.3, -0.25) is 4.79 Å². The van der Waals surface area contributed by atoms with Crippen molar-refractivity contribution in [1.82, 2.24) is 9.88 Å². The van der Waals surface area contributed by atoms with Gasteiger partial charge in [0.2, 0.25) is 0 Å². The molecule has 1 aromatic heterocycles. The Kier molecular flexibility index (Phi) is 4.14. The van der Waals surface area contributed by atoms with Crippen LogP contribution in [0.5, 0.6) is 0 Å². The Morgan fingerprint density at radius 2 is 2.32 bits per heavy atom. The SMILES string of the molecule is CN(CC1CCC1)C(=O)c1cc([N+](=O)[O-])ncc1Br. The Labute approximate surface area is 119 Å². The number of halogens is 1. The summed E-state index contributed by atoms with van der Waals surface area (Å²) in [5.41, 5.74) is 0.281. The first kappa shape index (κ1) is 13.9. The summed E-state index contributed by atoms with van der Waals surface area (Å²) in [6.07, 6.45) is 4.81. The molecule has 0 spiro atoms. The molecule has 1 aromatic rings. The van der Waals surface area contributed by atoms with E-state index in [0.717, 1.165) is 12.8 Å². The fourth-order valence-electron chi connectivity index (χ4n) is 2.04. The normalized spacial score (nSPS) is 14.8. The maximum Gasteiger partial charge on any atom is 0.364 e. The van der Waals surface area contributed by atoms with Crippen LogP contribution in [0.4, 0.5) is 5.82 Å². The van der Waals surface area contributed by atoms with Crippen LogP contribution in [0.15, 0.2) is 16.7 Å². The molecule has 2 rings (SSSR count). The molecule has 0 aliphatic heterocycles. The van der Waals surface area contributed by atoms with E-state index in [0.29, 0.717) is 16.9 Å². The van der Waals surface area contributed by atoms with Gasteiger partial charge in [-0.2, -0.15) is 0 Å². The number of carbonyl (C=O) groups is 1. The second-order valence-electron chi connectivity index (χ2n) is 4.76. The molecule has 6 nitrogen and oxygen atoms in total. The molecule has 1 saturated carbocycles. The summed E-state index contributed by atoms with van der Waals surface area (Å²) in [6.45, 7) is 0.696. The summed E-state index contributed by atoms with van der Waals surface area (Å²) in [6, 6.07) is 1.21. The maximum atomic E-state index is 12.3. The maximum absolute atomic E-state index is 12.3. The fraction of sp³-hybridized carbons (Fsp3) is 0.500. The van der Waals surface area contributed by atoms with Gasteiger partial charge in [0.05, 0.1) is 10.0 Å². The summed E-state index contributed by atoms with van der Waals surface area (Å²) >= 11 is 3.21. The minimum Gasteiger partial charge on any atom is -0.358 e. The Bertz CT molecular complexity index is 517. The summed E-state index contributed by atoms with van der Waals surface area (Å²) < 4.78 is 0.476. The molecule has 0 saturated heterocycles. The average molecular weight is 328 g/mol. The van der Waals surface area contributed by atoms with Crippen molar-refractivity contribution in [2.24, 2.45) is 5.92 Å². The monoisotopic (exact) mass is 327 g/mol. The first-order valence-electron chi connectivity index (χ1n) is 6.04. The largest absolute Gasteiger partial charge is 0.364 e. The molecule has 0 aromatic carbocycles. The van der Waals surface area contributed by atoms with Gasteiger partial charge in [0.25, 0.3) is 5.91 Å². The number of nitro groups is 1. The quantitative estimate of drug-likeness (QED) is 0.629. The van der Waals surface area contributed by atoms with Gasteiger partial charge in [0.1, 0.15) is 0 Å². The molecular weight excluding hydrogens is 314 g/mol. The van der Waals surface area contributed by atoms with Crippen LogP contribution in [-0.4, -0.2) is 34.3 Å². The highest BCUT2D eigenvalue weighted by Crippen LogP contribution is 2.28. The van der Waals surface area contributed by atoms with E-state index in [1.165, 1.54) is 18.7 Å². The van der Waals surface area contributed by atoms with Gasteiger partial charge in [-0.05, 0) is 44.6 Å². The van der Waals surface area contributed by atoms with Crippen molar-refractivity contribution in [3.63, 3.8) is 0 Å². The molecule has 1 aliphatic carbocycles. The molecule has 7 heteroatoms. The molecular formula is C12H14BrN3O3. The van der Waals surface area contributed by atoms with Gasteiger partial charge in [0, 0.05) is 19.7 Å². The molecule has 0 atom stereocenters. The van der Waals surface area contributed by atoms with Crippen LogP contribution in [0.25, 0.3) is 0 Å². The molecule has 0 bridgehead atoms. The number of rotatable bonds is 4. The summed E-state index contributed by atoms with van der Waals surface area (Å²) in [5.74, 6) is 0.0254. The predicted octanol–water partition coefficient (Wildman–Crippen LogP) is 2.62. The van der Waals surface area contributed by atoms with Crippen LogP contribution in [0.1, 0.15) is 29.6 Å². The molecule has 1 fully saturated rings. The lowest BCUT2D eigenvalue weighted by Gasteiger charge is -2.30. The van der Waals surface area contributed by atoms with Gasteiger partial charge in [-0.1, -0.05) is 6.42 Å². The van der Waals surface area contributed by atoms with Crippen molar-refractivity contribution in [3.05, 3.63) is 32.4 Å². The van der Waals surface area contributed by atoms with E-state index in [1.54, 1.807) is 11.9 Å². The lowest BCUT2D eigenvalue weighted by atomic mass is 9.85. The van der Waals surface area contributed by atoms with Crippen molar-refractivity contribution >= 4 is 27.7 Å². The molecule has 0 N–H and O–H groups in total. The number of hydrogen-bond donors (Lipinski definition) is 0. The third-order valence-electron chi connectivity index (χ3n) is 3.36. The van der Waals surface area contributed by atoms with Crippen molar-refractivity contribution in [2.75, 3.05) is 13.6 Å². The summed E-state index contributed by atoms with van der Waals surface area (Å²) in [4.78, 5) is 27.6. The average Bonchev–Trinajstić information content (AvgIpc) is 2.33. The lowest BCUT2D eigenvalue weighted by Crippen LogP contribution is -2.34. The number of aromatic nitrogens is 1. The van der Waals surface area contributed by atoms with Gasteiger partial charge in [-0.25, -0.2) is 0 Å². The second-order valence-corrected chi connectivity index (χ2v) is 5.62. The fourth-order valence-corrected chi connectivity index (χ4v) is 2.43. The zero-order chi connectivity index (χ0) is 14.0. The van der Waals surface area contributed by atoms with Crippen molar-refractivity contribution in [1.29, 1.82) is 0 Å². The third kappa shape index (κ3) is 3.09. The van der Waals surface area contributed by atoms with E-state index in [2.05, 4.69) is 20.9 Å². The van der Waals surface area contributed by atoms with Gasteiger partial charge in [0.15, 0.2) is 6.20 Å². The van der Waals surface area contributed by atoms with Crippen LogP contribution in [0, 0.1) is 16.0 Å². The minimum atomic E-state index is -0.602. The number of carbonyl (C=O) groups excluding carboxylic acids is 1. The Balaban J connectivity index is 2.16.